The molecule has 0 bridgehead atoms. The van der Waals surface area contributed by atoms with Crippen LogP contribution in [0.3, 0.4) is 0 Å². The molecule has 1 aromatic heterocycles. The van der Waals surface area contributed by atoms with E-state index in [1.54, 1.807) is 23.1 Å². The first-order chi connectivity index (χ1) is 13.6. The van der Waals surface area contributed by atoms with Gasteiger partial charge in [0.25, 0.3) is 5.91 Å². The van der Waals surface area contributed by atoms with Crippen molar-refractivity contribution < 1.29 is 13.2 Å². The second-order valence-corrected chi connectivity index (χ2v) is 10.4. The van der Waals surface area contributed by atoms with E-state index in [0.717, 1.165) is 27.6 Å². The molecule has 3 rings (SSSR count). The van der Waals surface area contributed by atoms with Gasteiger partial charge >= 0.3 is 0 Å². The molecule has 0 aliphatic rings. The smallest absolute Gasteiger partial charge is 0.261 e. The third kappa shape index (κ3) is 5.00. The van der Waals surface area contributed by atoms with Crippen molar-refractivity contribution in [2.45, 2.75) is 18.7 Å². The van der Waals surface area contributed by atoms with E-state index in [1.165, 1.54) is 17.4 Å². The Bertz CT molecular complexity index is 1170. The van der Waals surface area contributed by atoms with Crippen LogP contribution in [-0.4, -0.2) is 57.6 Å². The van der Waals surface area contributed by atoms with Crippen LogP contribution < -0.4 is 4.90 Å². The average Bonchev–Trinajstić information content (AvgIpc) is 3.08. The van der Waals surface area contributed by atoms with Crippen molar-refractivity contribution in [1.29, 1.82) is 0 Å². The Labute approximate surface area is 187 Å². The van der Waals surface area contributed by atoms with E-state index in [4.69, 9.17) is 4.98 Å². The number of benzene rings is 2. The first-order valence-electron chi connectivity index (χ1n) is 9.22. The van der Waals surface area contributed by atoms with E-state index in [-0.39, 0.29) is 28.8 Å². The maximum Gasteiger partial charge on any atom is 0.261 e. The molecule has 0 saturated heterocycles. The predicted octanol–water partition coefficient (Wildman–Crippen LogP) is 3.95. The van der Waals surface area contributed by atoms with Gasteiger partial charge in [0, 0.05) is 19.3 Å². The number of fused-ring (bicyclic) bond motifs is 1. The number of nitrogens with zero attached hydrogens (tertiary/aromatic N) is 3. The van der Waals surface area contributed by atoms with Gasteiger partial charge in [0.1, 0.15) is 0 Å². The third-order valence-corrected chi connectivity index (χ3v) is 7.04. The normalized spacial score (nSPS) is 11.5. The fraction of sp³-hybridized carbons (Fsp3) is 0.333. The van der Waals surface area contributed by atoms with Gasteiger partial charge in [0.05, 0.1) is 20.7 Å². The Morgan fingerprint density at radius 1 is 1.07 bits per heavy atom. The third-order valence-electron chi connectivity index (χ3n) is 4.84. The first kappa shape index (κ1) is 24.3. The zero-order chi connectivity index (χ0) is 21.3. The summed E-state index contributed by atoms with van der Waals surface area (Å²) >= 11 is 1.44. The molecule has 0 fully saturated rings. The number of aromatic nitrogens is 1. The second-order valence-electron chi connectivity index (χ2n) is 7.38. The molecular weight excluding hydrogens is 442 g/mol. The van der Waals surface area contributed by atoms with Crippen molar-refractivity contribution in [3.63, 3.8) is 0 Å². The zero-order valence-corrected chi connectivity index (χ0v) is 20.1. The molecule has 0 atom stereocenters. The number of hydrogen-bond acceptors (Lipinski definition) is 6. The quantitative estimate of drug-likeness (QED) is 0.549. The molecule has 6 nitrogen and oxygen atoms in total. The number of amides is 1. The minimum absolute atomic E-state index is 0. The summed E-state index contributed by atoms with van der Waals surface area (Å²) in [6.45, 7) is 5.08. The molecule has 2 aromatic carbocycles. The predicted molar refractivity (Wildman–Crippen MR) is 126 cm³/mol. The monoisotopic (exact) mass is 467 g/mol. The van der Waals surface area contributed by atoms with Crippen LogP contribution in [0.4, 0.5) is 5.13 Å². The van der Waals surface area contributed by atoms with Crippen LogP contribution in [0.5, 0.6) is 0 Å². The van der Waals surface area contributed by atoms with E-state index in [9.17, 15) is 13.2 Å². The molecule has 0 aliphatic heterocycles. The highest BCUT2D eigenvalue weighted by molar-refractivity contribution is 7.90. The summed E-state index contributed by atoms with van der Waals surface area (Å²) in [6, 6.07) is 10.4. The van der Waals surface area contributed by atoms with Gasteiger partial charge in [-0.1, -0.05) is 29.5 Å². The minimum Gasteiger partial charge on any atom is -0.308 e. The molecule has 0 N–H and O–H groups in total. The van der Waals surface area contributed by atoms with Crippen LogP contribution in [0, 0.1) is 13.8 Å². The molecule has 0 radical (unpaired) electrons. The van der Waals surface area contributed by atoms with Gasteiger partial charge in [0.2, 0.25) is 0 Å². The van der Waals surface area contributed by atoms with Gasteiger partial charge in [-0.05, 0) is 57.3 Å². The fourth-order valence-electron chi connectivity index (χ4n) is 3.03. The highest BCUT2D eigenvalue weighted by Crippen LogP contribution is 2.33. The Morgan fingerprint density at radius 2 is 1.73 bits per heavy atom. The molecule has 0 unspecified atom stereocenters. The van der Waals surface area contributed by atoms with Crippen molar-refractivity contribution in [2.24, 2.45) is 0 Å². The molecule has 0 spiro atoms. The SMILES string of the molecule is Cc1ccc2sc(N(CCN(C)C)C(=O)c3ccccc3S(C)(=O)=O)nc2c1C.Cl. The Balaban J connectivity index is 0.00000320. The Morgan fingerprint density at radius 3 is 2.37 bits per heavy atom. The number of hydrogen-bond donors (Lipinski definition) is 0. The van der Waals surface area contributed by atoms with Crippen LogP contribution in [0.25, 0.3) is 10.2 Å². The fourth-order valence-corrected chi connectivity index (χ4v) is 4.96. The largest absolute Gasteiger partial charge is 0.308 e. The molecule has 0 saturated carbocycles. The Hall–Kier alpha value is -2.00. The van der Waals surface area contributed by atoms with E-state index in [2.05, 4.69) is 0 Å². The number of sulfone groups is 1. The molecule has 1 heterocycles. The summed E-state index contributed by atoms with van der Waals surface area (Å²) in [4.78, 5) is 21.8. The van der Waals surface area contributed by atoms with Crippen LogP contribution in [0.1, 0.15) is 21.5 Å². The lowest BCUT2D eigenvalue weighted by atomic mass is 10.1. The highest BCUT2D eigenvalue weighted by atomic mass is 35.5. The number of anilines is 1. The molecule has 3 aromatic rings. The number of halogens is 1. The van der Waals surface area contributed by atoms with Gasteiger partial charge in [-0.25, -0.2) is 13.4 Å². The number of rotatable bonds is 6. The standard InChI is InChI=1S/C21H25N3O3S2.ClH/c1-14-10-11-17-19(15(14)2)22-21(28-17)24(13-12-23(3)4)20(25)16-8-6-7-9-18(16)29(5,26)27;/h6-11H,12-13H2,1-5H3;1H. The van der Waals surface area contributed by atoms with Gasteiger partial charge in [-0.15, -0.1) is 12.4 Å². The summed E-state index contributed by atoms with van der Waals surface area (Å²) in [5, 5.41) is 0.573. The van der Waals surface area contributed by atoms with Gasteiger partial charge in [-0.2, -0.15) is 0 Å². The van der Waals surface area contributed by atoms with Crippen molar-refractivity contribution in [3.05, 3.63) is 53.1 Å². The number of carbonyl (C=O) groups excluding carboxylic acids is 1. The summed E-state index contributed by atoms with van der Waals surface area (Å²) < 4.78 is 25.4. The summed E-state index contributed by atoms with van der Waals surface area (Å²) in [6.07, 6.45) is 1.12. The molecular formula is C21H26ClN3O3S2. The van der Waals surface area contributed by atoms with Crippen LogP contribution in [0.15, 0.2) is 41.3 Å². The molecule has 1 amide bonds. The van der Waals surface area contributed by atoms with Crippen molar-refractivity contribution in [3.8, 4) is 0 Å². The van der Waals surface area contributed by atoms with E-state index in [1.807, 2.05) is 45.0 Å². The number of carbonyl (C=O) groups is 1. The number of thiazole rings is 1. The van der Waals surface area contributed by atoms with Crippen molar-refractivity contribution in [1.82, 2.24) is 9.88 Å². The van der Waals surface area contributed by atoms with E-state index >= 15 is 0 Å². The average molecular weight is 468 g/mol. The summed E-state index contributed by atoms with van der Waals surface area (Å²) in [5.41, 5.74) is 3.27. The maximum atomic E-state index is 13.5. The summed E-state index contributed by atoms with van der Waals surface area (Å²) in [5.74, 6) is -0.360. The van der Waals surface area contributed by atoms with Crippen LogP contribution in [0.2, 0.25) is 0 Å². The number of aryl methyl sites for hydroxylation is 2. The lowest BCUT2D eigenvalue weighted by molar-refractivity contribution is 0.0982. The first-order valence-corrected chi connectivity index (χ1v) is 11.9. The topological polar surface area (TPSA) is 70.6 Å². The van der Waals surface area contributed by atoms with Crippen LogP contribution in [-0.2, 0) is 9.84 Å². The summed E-state index contributed by atoms with van der Waals surface area (Å²) in [7, 11) is 0.322. The zero-order valence-electron chi connectivity index (χ0n) is 17.7. The van der Waals surface area contributed by atoms with Crippen molar-refractivity contribution >= 4 is 54.8 Å². The Kier molecular flexibility index (Phi) is 7.63. The maximum absolute atomic E-state index is 13.5. The van der Waals surface area contributed by atoms with Gasteiger partial charge in [0.15, 0.2) is 15.0 Å². The van der Waals surface area contributed by atoms with E-state index in [0.29, 0.717) is 18.2 Å². The van der Waals surface area contributed by atoms with Crippen molar-refractivity contribution in [2.75, 3.05) is 38.3 Å². The van der Waals surface area contributed by atoms with Gasteiger partial charge < -0.3 is 4.90 Å². The van der Waals surface area contributed by atoms with Crippen LogP contribution >= 0.6 is 23.7 Å². The van der Waals surface area contributed by atoms with Gasteiger partial charge in [-0.3, -0.25) is 9.69 Å². The lowest BCUT2D eigenvalue weighted by Crippen LogP contribution is -2.37. The minimum atomic E-state index is -3.54. The molecule has 30 heavy (non-hydrogen) atoms. The highest BCUT2D eigenvalue weighted by Gasteiger charge is 2.26. The molecule has 9 heteroatoms. The second kappa shape index (κ2) is 9.43. The lowest BCUT2D eigenvalue weighted by Gasteiger charge is -2.22. The van der Waals surface area contributed by atoms with E-state index < -0.39 is 9.84 Å². The number of likely N-dealkylation sites (N-methyl/N-ethyl adjacent to an activating group) is 1. The molecule has 0 aliphatic carbocycles. The molecule has 162 valence electrons.